The largest absolute Gasteiger partial charge is 0.487 e. The van der Waals surface area contributed by atoms with Gasteiger partial charge in [0.05, 0.1) is 5.69 Å². The Hall–Kier alpha value is -4.26. The maximum absolute atomic E-state index is 12.4. The highest BCUT2D eigenvalue weighted by Crippen LogP contribution is 2.24. The Kier molecular flexibility index (Phi) is 6.13. The second kappa shape index (κ2) is 9.49. The fourth-order valence-electron chi connectivity index (χ4n) is 2.85. The highest BCUT2D eigenvalue weighted by molar-refractivity contribution is 6.02. The maximum Gasteiger partial charge on any atom is 0.248 e. The molecule has 0 aliphatic carbocycles. The van der Waals surface area contributed by atoms with Crippen molar-refractivity contribution < 1.29 is 13.9 Å². The zero-order valence-electron chi connectivity index (χ0n) is 16.9. The highest BCUT2D eigenvalue weighted by atomic mass is 16.5. The third-order valence-corrected chi connectivity index (χ3v) is 4.52. The van der Waals surface area contributed by atoms with Gasteiger partial charge in [-0.25, -0.2) is 0 Å². The molecule has 0 atom stereocenters. The molecule has 31 heavy (non-hydrogen) atoms. The number of hydrogen-bond acceptors (Lipinski definition) is 6. The minimum atomic E-state index is -0.235. The molecule has 0 fully saturated rings. The van der Waals surface area contributed by atoms with E-state index in [0.717, 1.165) is 28.1 Å². The minimum absolute atomic E-state index is 0.235. The summed E-state index contributed by atoms with van der Waals surface area (Å²) in [5.74, 6) is 0.901. The highest BCUT2D eigenvalue weighted by Gasteiger charge is 2.08. The monoisotopic (exact) mass is 412 g/mol. The first-order valence-electron chi connectivity index (χ1n) is 9.66. The van der Waals surface area contributed by atoms with E-state index < -0.39 is 0 Å². The van der Waals surface area contributed by atoms with Gasteiger partial charge < -0.3 is 14.5 Å². The van der Waals surface area contributed by atoms with E-state index in [1.54, 1.807) is 12.3 Å². The van der Waals surface area contributed by atoms with E-state index in [2.05, 4.69) is 20.5 Å². The van der Waals surface area contributed by atoms with Crippen LogP contribution in [0.2, 0.25) is 0 Å². The number of amides is 1. The van der Waals surface area contributed by atoms with Crippen LogP contribution in [0.4, 0.5) is 5.69 Å². The number of aryl methyl sites for hydroxylation is 1. The molecule has 0 unspecified atom stereocenters. The molecule has 2 aromatic carbocycles. The van der Waals surface area contributed by atoms with Gasteiger partial charge in [-0.1, -0.05) is 24.3 Å². The fraction of sp³-hybridized carbons (Fsp3) is 0.0833. The number of benzene rings is 2. The molecule has 7 nitrogen and oxygen atoms in total. The maximum atomic E-state index is 12.4. The van der Waals surface area contributed by atoms with Crippen molar-refractivity contribution in [1.29, 1.82) is 0 Å². The molecule has 2 aromatic heterocycles. The first-order valence-corrected chi connectivity index (χ1v) is 9.66. The molecule has 0 aliphatic rings. The quantitative estimate of drug-likeness (QED) is 0.444. The Labute approximate surface area is 179 Å². The van der Waals surface area contributed by atoms with Crippen LogP contribution in [0.1, 0.15) is 16.8 Å². The third-order valence-electron chi connectivity index (χ3n) is 4.52. The van der Waals surface area contributed by atoms with E-state index in [9.17, 15) is 4.79 Å². The van der Waals surface area contributed by atoms with Gasteiger partial charge in [0.15, 0.2) is 0 Å². The van der Waals surface area contributed by atoms with E-state index in [-0.39, 0.29) is 5.91 Å². The second-order valence-electron chi connectivity index (χ2n) is 6.77. The van der Waals surface area contributed by atoms with E-state index in [4.69, 9.17) is 9.15 Å². The molecular formula is C24H20N4O3. The molecule has 7 heteroatoms. The number of anilines is 1. The summed E-state index contributed by atoms with van der Waals surface area (Å²) in [5.41, 5.74) is 4.10. The lowest BCUT2D eigenvalue weighted by molar-refractivity contribution is -0.111. The number of rotatable bonds is 7. The fourth-order valence-corrected chi connectivity index (χ4v) is 2.85. The van der Waals surface area contributed by atoms with Gasteiger partial charge in [0.1, 0.15) is 12.4 Å². The zero-order valence-corrected chi connectivity index (χ0v) is 16.9. The number of pyridine rings is 1. The average molecular weight is 412 g/mol. The third kappa shape index (κ3) is 5.42. The van der Waals surface area contributed by atoms with Crippen LogP contribution in [0.25, 0.3) is 17.5 Å². The van der Waals surface area contributed by atoms with Crippen molar-refractivity contribution in [1.82, 2.24) is 15.2 Å². The van der Waals surface area contributed by atoms with Gasteiger partial charge in [-0.2, -0.15) is 0 Å². The van der Waals surface area contributed by atoms with Crippen LogP contribution in [0, 0.1) is 6.92 Å². The topological polar surface area (TPSA) is 90.1 Å². The summed E-state index contributed by atoms with van der Waals surface area (Å²) >= 11 is 0. The van der Waals surface area contributed by atoms with Crippen molar-refractivity contribution in [2.24, 2.45) is 0 Å². The minimum Gasteiger partial charge on any atom is -0.487 e. The van der Waals surface area contributed by atoms with Crippen molar-refractivity contribution in [2.45, 2.75) is 13.5 Å². The Morgan fingerprint density at radius 3 is 2.74 bits per heavy atom. The van der Waals surface area contributed by atoms with E-state index >= 15 is 0 Å². The van der Waals surface area contributed by atoms with Gasteiger partial charge in [0.25, 0.3) is 0 Å². The summed E-state index contributed by atoms with van der Waals surface area (Å²) in [5, 5.41) is 10.5. The average Bonchev–Trinajstić information content (AvgIpc) is 3.34. The van der Waals surface area contributed by atoms with Crippen molar-refractivity contribution in [3.05, 3.63) is 96.2 Å². The SMILES string of the molecule is Cc1ccc(-c2nnco2)cc1NC(=O)C=Cc1ccc(OCc2ccccn2)cc1. The molecule has 1 amide bonds. The molecule has 0 bridgehead atoms. The van der Waals surface area contributed by atoms with Gasteiger partial charge in [0, 0.05) is 23.5 Å². The summed E-state index contributed by atoms with van der Waals surface area (Å²) < 4.78 is 10.9. The molecule has 154 valence electrons. The van der Waals surface area contributed by atoms with Gasteiger partial charge >= 0.3 is 0 Å². The molecule has 0 saturated carbocycles. The summed E-state index contributed by atoms with van der Waals surface area (Å²) in [4.78, 5) is 16.6. The Morgan fingerprint density at radius 1 is 1.13 bits per heavy atom. The summed E-state index contributed by atoms with van der Waals surface area (Å²) in [6.07, 6.45) is 6.24. The lowest BCUT2D eigenvalue weighted by Gasteiger charge is -2.08. The number of aromatic nitrogens is 3. The van der Waals surface area contributed by atoms with Gasteiger partial charge in [-0.05, 0) is 60.5 Å². The van der Waals surface area contributed by atoms with Crippen molar-refractivity contribution in [3.8, 4) is 17.2 Å². The smallest absolute Gasteiger partial charge is 0.248 e. The standard InChI is InChI=1S/C24H20N4O3/c1-17-5-9-19(24-28-26-16-31-24)14-22(17)27-23(29)12-8-18-6-10-21(11-7-18)30-15-20-4-2-3-13-25-20/h2-14,16H,15H2,1H3,(H,27,29). The van der Waals surface area contributed by atoms with Crippen LogP contribution >= 0.6 is 0 Å². The lowest BCUT2D eigenvalue weighted by Crippen LogP contribution is -2.09. The molecule has 0 spiro atoms. The number of nitrogens with zero attached hydrogens (tertiary/aromatic N) is 3. The Balaban J connectivity index is 1.35. The number of ether oxygens (including phenoxy) is 1. The van der Waals surface area contributed by atoms with E-state index in [1.807, 2.05) is 67.6 Å². The number of carbonyl (C=O) groups excluding carboxylic acids is 1. The molecule has 0 aliphatic heterocycles. The van der Waals surface area contributed by atoms with Crippen molar-refractivity contribution >= 4 is 17.7 Å². The zero-order chi connectivity index (χ0) is 21.5. The van der Waals surface area contributed by atoms with Gasteiger partial charge in [-0.3, -0.25) is 9.78 Å². The van der Waals surface area contributed by atoms with Crippen LogP contribution in [0.5, 0.6) is 5.75 Å². The van der Waals surface area contributed by atoms with Crippen LogP contribution in [-0.4, -0.2) is 21.1 Å². The van der Waals surface area contributed by atoms with Gasteiger partial charge in [-0.15, -0.1) is 10.2 Å². The molecule has 0 saturated heterocycles. The molecule has 4 aromatic rings. The summed E-state index contributed by atoms with van der Waals surface area (Å²) in [6.45, 7) is 2.32. The van der Waals surface area contributed by atoms with Crippen LogP contribution in [0.3, 0.4) is 0 Å². The van der Waals surface area contributed by atoms with Crippen molar-refractivity contribution in [3.63, 3.8) is 0 Å². The van der Waals surface area contributed by atoms with Crippen LogP contribution in [0.15, 0.2) is 83.7 Å². The first kappa shape index (κ1) is 20.0. The molecule has 2 heterocycles. The molecule has 1 N–H and O–H groups in total. The predicted octanol–water partition coefficient (Wildman–Crippen LogP) is 4.67. The van der Waals surface area contributed by atoms with Crippen LogP contribution < -0.4 is 10.1 Å². The van der Waals surface area contributed by atoms with Gasteiger partial charge in [0.2, 0.25) is 18.2 Å². The molecular weight excluding hydrogens is 392 g/mol. The Bertz CT molecular complexity index is 1170. The number of carbonyl (C=O) groups is 1. The lowest BCUT2D eigenvalue weighted by atomic mass is 10.1. The summed E-state index contributed by atoms with van der Waals surface area (Å²) in [6, 6.07) is 18.8. The van der Waals surface area contributed by atoms with E-state index in [1.165, 1.54) is 12.5 Å². The van der Waals surface area contributed by atoms with Crippen molar-refractivity contribution in [2.75, 3.05) is 5.32 Å². The number of nitrogens with one attached hydrogen (secondary N) is 1. The first-order chi connectivity index (χ1) is 15.2. The number of hydrogen-bond donors (Lipinski definition) is 1. The molecule has 0 radical (unpaired) electrons. The van der Waals surface area contributed by atoms with Crippen LogP contribution in [-0.2, 0) is 11.4 Å². The summed E-state index contributed by atoms with van der Waals surface area (Å²) in [7, 11) is 0. The predicted molar refractivity (Wildman–Crippen MR) is 117 cm³/mol. The Morgan fingerprint density at radius 2 is 2.00 bits per heavy atom. The second-order valence-corrected chi connectivity index (χ2v) is 6.77. The van der Waals surface area contributed by atoms with E-state index in [0.29, 0.717) is 18.2 Å². The normalized spacial score (nSPS) is 10.9. The molecule has 4 rings (SSSR count).